The Kier molecular flexibility index (Phi) is 6.32. The number of aromatic nitrogens is 2. The molecule has 0 unspecified atom stereocenters. The topological polar surface area (TPSA) is 70.2 Å². The lowest BCUT2D eigenvalue weighted by atomic mass is 9.86. The van der Waals surface area contributed by atoms with E-state index in [-0.39, 0.29) is 11.3 Å². The summed E-state index contributed by atoms with van der Waals surface area (Å²) in [6.07, 6.45) is 0. The van der Waals surface area contributed by atoms with Crippen molar-refractivity contribution in [1.82, 2.24) is 20.2 Å². The lowest BCUT2D eigenvalue weighted by Gasteiger charge is -2.23. The summed E-state index contributed by atoms with van der Waals surface area (Å²) in [7, 11) is 3.94. The fourth-order valence-corrected chi connectivity index (χ4v) is 2.62. The Morgan fingerprint density at radius 1 is 1.15 bits per heavy atom. The predicted molar refractivity (Wildman–Crippen MR) is 106 cm³/mol. The van der Waals surface area contributed by atoms with Gasteiger partial charge < -0.3 is 15.5 Å². The second-order valence-electron chi connectivity index (χ2n) is 7.67. The highest BCUT2D eigenvalue weighted by molar-refractivity contribution is 5.93. The molecule has 0 atom stereocenters. The summed E-state index contributed by atoms with van der Waals surface area (Å²) in [4.78, 5) is 23.1. The third-order valence-electron chi connectivity index (χ3n) is 3.91. The summed E-state index contributed by atoms with van der Waals surface area (Å²) in [5, 5.41) is 6.24. The average molecular weight is 355 g/mol. The molecule has 0 spiro atoms. The van der Waals surface area contributed by atoms with E-state index in [2.05, 4.69) is 47.4 Å². The maximum Gasteiger partial charge on any atom is 0.270 e. The van der Waals surface area contributed by atoms with E-state index in [4.69, 9.17) is 0 Å². The monoisotopic (exact) mass is 355 g/mol. The molecule has 2 rings (SSSR count). The van der Waals surface area contributed by atoms with Crippen LogP contribution < -0.4 is 10.6 Å². The molecule has 0 saturated carbocycles. The molecule has 0 saturated heterocycles. The van der Waals surface area contributed by atoms with Gasteiger partial charge >= 0.3 is 0 Å². The molecule has 1 amide bonds. The van der Waals surface area contributed by atoms with Crippen LogP contribution in [0, 0.1) is 6.92 Å². The number of para-hydroxylation sites is 1. The number of amides is 1. The Bertz CT molecular complexity index is 765. The number of nitrogens with zero attached hydrogens (tertiary/aromatic N) is 3. The molecule has 0 radical (unpaired) electrons. The van der Waals surface area contributed by atoms with Gasteiger partial charge in [0.1, 0.15) is 17.3 Å². The van der Waals surface area contributed by atoms with Gasteiger partial charge in [-0.2, -0.15) is 0 Å². The van der Waals surface area contributed by atoms with Crippen molar-refractivity contribution in [2.75, 3.05) is 32.5 Å². The van der Waals surface area contributed by atoms with Crippen molar-refractivity contribution in [2.45, 2.75) is 33.1 Å². The molecule has 0 fully saturated rings. The maximum atomic E-state index is 12.4. The van der Waals surface area contributed by atoms with Crippen LogP contribution in [-0.4, -0.2) is 48.0 Å². The summed E-state index contributed by atoms with van der Waals surface area (Å²) in [5.41, 5.74) is 2.54. The predicted octanol–water partition coefficient (Wildman–Crippen LogP) is 3.12. The third kappa shape index (κ3) is 5.52. The standard InChI is InChI=1S/C20H29N5O/c1-14-22-17(19(26)21-11-12-25(5)6)13-18(23-14)24-16-10-8-7-9-15(16)20(2,3)4/h7-10,13H,11-12H2,1-6H3,(H,21,26)(H,22,23,24). The molecule has 0 bridgehead atoms. The number of carbonyl (C=O) groups is 1. The van der Waals surface area contributed by atoms with E-state index in [9.17, 15) is 4.79 Å². The molecule has 6 heteroatoms. The minimum atomic E-state index is -0.190. The van der Waals surface area contributed by atoms with E-state index in [0.29, 0.717) is 23.9 Å². The summed E-state index contributed by atoms with van der Waals surface area (Å²) in [5.74, 6) is 0.984. The van der Waals surface area contributed by atoms with Gasteiger partial charge in [0, 0.05) is 24.8 Å². The smallest absolute Gasteiger partial charge is 0.270 e. The third-order valence-corrected chi connectivity index (χ3v) is 3.91. The highest BCUT2D eigenvalue weighted by Crippen LogP contribution is 2.30. The molecule has 2 N–H and O–H groups in total. The molecule has 2 aromatic rings. The molecular weight excluding hydrogens is 326 g/mol. The molecule has 1 aromatic heterocycles. The zero-order valence-corrected chi connectivity index (χ0v) is 16.6. The first-order valence-electron chi connectivity index (χ1n) is 8.82. The van der Waals surface area contributed by atoms with Crippen LogP contribution in [0.5, 0.6) is 0 Å². The number of rotatable bonds is 6. The van der Waals surface area contributed by atoms with Crippen LogP contribution in [0.4, 0.5) is 11.5 Å². The van der Waals surface area contributed by atoms with E-state index in [0.717, 1.165) is 12.2 Å². The van der Waals surface area contributed by atoms with Crippen molar-refractivity contribution in [3.63, 3.8) is 0 Å². The zero-order chi connectivity index (χ0) is 19.3. The van der Waals surface area contributed by atoms with E-state index in [1.165, 1.54) is 5.56 Å². The van der Waals surface area contributed by atoms with E-state index < -0.39 is 0 Å². The van der Waals surface area contributed by atoms with Gasteiger partial charge in [0.05, 0.1) is 0 Å². The minimum Gasteiger partial charge on any atom is -0.349 e. The number of nitrogens with one attached hydrogen (secondary N) is 2. The van der Waals surface area contributed by atoms with Gasteiger partial charge in [0.25, 0.3) is 5.91 Å². The average Bonchev–Trinajstić information content (AvgIpc) is 2.53. The van der Waals surface area contributed by atoms with Gasteiger partial charge in [-0.25, -0.2) is 9.97 Å². The lowest BCUT2D eigenvalue weighted by Crippen LogP contribution is -2.32. The summed E-state index contributed by atoms with van der Waals surface area (Å²) >= 11 is 0. The lowest BCUT2D eigenvalue weighted by molar-refractivity contribution is 0.0945. The Balaban J connectivity index is 2.22. The van der Waals surface area contributed by atoms with Crippen LogP contribution in [-0.2, 0) is 5.41 Å². The van der Waals surface area contributed by atoms with Crippen LogP contribution in [0.2, 0.25) is 0 Å². The number of anilines is 2. The van der Waals surface area contributed by atoms with Gasteiger partial charge in [-0.1, -0.05) is 39.0 Å². The Morgan fingerprint density at radius 2 is 1.85 bits per heavy atom. The van der Waals surface area contributed by atoms with Crippen molar-refractivity contribution in [2.24, 2.45) is 0 Å². The minimum absolute atomic E-state index is 0.00193. The van der Waals surface area contributed by atoms with Crippen LogP contribution in [0.3, 0.4) is 0 Å². The number of likely N-dealkylation sites (N-methyl/N-ethyl adjacent to an activating group) is 1. The zero-order valence-electron chi connectivity index (χ0n) is 16.6. The van der Waals surface area contributed by atoms with Crippen LogP contribution in [0.15, 0.2) is 30.3 Å². The van der Waals surface area contributed by atoms with Crippen molar-refractivity contribution >= 4 is 17.4 Å². The largest absolute Gasteiger partial charge is 0.349 e. The van der Waals surface area contributed by atoms with E-state index >= 15 is 0 Å². The molecule has 0 aliphatic heterocycles. The van der Waals surface area contributed by atoms with Crippen molar-refractivity contribution < 1.29 is 4.79 Å². The molecule has 1 aromatic carbocycles. The normalized spacial score (nSPS) is 11.5. The second-order valence-corrected chi connectivity index (χ2v) is 7.67. The van der Waals surface area contributed by atoms with Gasteiger partial charge in [0.2, 0.25) is 0 Å². The van der Waals surface area contributed by atoms with Gasteiger partial charge in [-0.05, 0) is 38.1 Å². The van der Waals surface area contributed by atoms with Crippen molar-refractivity contribution in [3.05, 3.63) is 47.4 Å². The molecule has 1 heterocycles. The van der Waals surface area contributed by atoms with Gasteiger partial charge in [-0.3, -0.25) is 4.79 Å². The number of aryl methyl sites for hydroxylation is 1. The maximum absolute atomic E-state index is 12.4. The number of benzene rings is 1. The first-order chi connectivity index (χ1) is 12.2. The van der Waals surface area contributed by atoms with Crippen LogP contribution in [0.25, 0.3) is 0 Å². The first kappa shape index (κ1) is 19.8. The SMILES string of the molecule is Cc1nc(Nc2ccccc2C(C)(C)C)cc(C(=O)NCCN(C)C)n1. The van der Waals surface area contributed by atoms with Crippen molar-refractivity contribution in [1.29, 1.82) is 0 Å². The van der Waals surface area contributed by atoms with Crippen LogP contribution >= 0.6 is 0 Å². The highest BCUT2D eigenvalue weighted by Gasteiger charge is 2.18. The number of hydrogen-bond acceptors (Lipinski definition) is 5. The molecule has 0 aliphatic carbocycles. The highest BCUT2D eigenvalue weighted by atomic mass is 16.1. The Morgan fingerprint density at radius 3 is 2.50 bits per heavy atom. The number of carbonyl (C=O) groups excluding carboxylic acids is 1. The molecule has 6 nitrogen and oxygen atoms in total. The molecule has 140 valence electrons. The number of hydrogen-bond donors (Lipinski definition) is 2. The molecule has 0 aliphatic rings. The molecule has 26 heavy (non-hydrogen) atoms. The Labute approximate surface area is 156 Å². The summed E-state index contributed by atoms with van der Waals surface area (Å²) in [6.45, 7) is 9.65. The fourth-order valence-electron chi connectivity index (χ4n) is 2.62. The summed E-state index contributed by atoms with van der Waals surface area (Å²) in [6, 6.07) is 9.83. The Hall–Kier alpha value is -2.47. The van der Waals surface area contributed by atoms with Crippen molar-refractivity contribution in [3.8, 4) is 0 Å². The van der Waals surface area contributed by atoms with Gasteiger partial charge in [-0.15, -0.1) is 0 Å². The second kappa shape index (κ2) is 8.27. The van der Waals surface area contributed by atoms with E-state index in [1.54, 1.807) is 13.0 Å². The van der Waals surface area contributed by atoms with Crippen LogP contribution in [0.1, 0.15) is 42.6 Å². The van der Waals surface area contributed by atoms with Gasteiger partial charge in [0.15, 0.2) is 0 Å². The quantitative estimate of drug-likeness (QED) is 0.833. The fraction of sp³-hybridized carbons (Fsp3) is 0.450. The molecular formula is C20H29N5O. The van der Waals surface area contributed by atoms with E-state index in [1.807, 2.05) is 37.2 Å². The summed E-state index contributed by atoms with van der Waals surface area (Å²) < 4.78 is 0. The first-order valence-corrected chi connectivity index (χ1v) is 8.82.